The van der Waals surface area contributed by atoms with Crippen LogP contribution < -0.4 is 0 Å². The molecule has 27 heavy (non-hydrogen) atoms. The van der Waals surface area contributed by atoms with Crippen molar-refractivity contribution in [2.75, 3.05) is 26.2 Å². The molecule has 1 aliphatic rings. The van der Waals surface area contributed by atoms with Crippen molar-refractivity contribution in [3.63, 3.8) is 0 Å². The van der Waals surface area contributed by atoms with Crippen molar-refractivity contribution in [3.05, 3.63) is 40.0 Å². The molecule has 0 spiro atoms. The minimum Gasteiger partial charge on any atom is -0.340 e. The lowest BCUT2D eigenvalue weighted by atomic mass is 10.2. The third kappa shape index (κ3) is 4.43. The monoisotopic (exact) mass is 432 g/mol. The molecular weight excluding hydrogens is 415 g/mol. The number of sulfonamides is 1. The van der Waals surface area contributed by atoms with Crippen LogP contribution in [-0.2, 0) is 21.2 Å². The Balaban J connectivity index is 1.59. The molecule has 0 saturated carbocycles. The Morgan fingerprint density at radius 3 is 2.56 bits per heavy atom. The average molecular weight is 433 g/mol. The fraction of sp³-hybridized carbons (Fsp3) is 0.438. The number of piperazine rings is 1. The van der Waals surface area contributed by atoms with Crippen molar-refractivity contribution in [1.29, 1.82) is 0 Å². The van der Waals surface area contributed by atoms with E-state index < -0.39 is 10.0 Å². The second kappa shape index (κ2) is 8.14. The lowest BCUT2D eigenvalue weighted by molar-refractivity contribution is -0.132. The maximum absolute atomic E-state index is 12.8. The molecule has 1 aliphatic heterocycles. The summed E-state index contributed by atoms with van der Waals surface area (Å²) in [5, 5.41) is 3.87. The van der Waals surface area contributed by atoms with E-state index in [0.29, 0.717) is 31.2 Å². The van der Waals surface area contributed by atoms with Crippen LogP contribution in [0, 0.1) is 6.92 Å². The third-order valence-corrected chi connectivity index (χ3v) is 7.12. The summed E-state index contributed by atoms with van der Waals surface area (Å²) < 4.78 is 31.9. The number of carbonyl (C=O) groups excluding carboxylic acids is 1. The van der Waals surface area contributed by atoms with E-state index in [1.54, 1.807) is 17.9 Å². The number of hydrogen-bond donors (Lipinski definition) is 0. The topological polar surface area (TPSA) is 96.6 Å². The van der Waals surface area contributed by atoms with Gasteiger partial charge in [-0.15, -0.1) is 0 Å². The largest absolute Gasteiger partial charge is 0.340 e. The summed E-state index contributed by atoms with van der Waals surface area (Å²) in [7, 11) is -3.77. The van der Waals surface area contributed by atoms with Gasteiger partial charge in [-0.2, -0.15) is 9.29 Å². The van der Waals surface area contributed by atoms with Crippen LogP contribution in [0.15, 0.2) is 27.6 Å². The first kappa shape index (κ1) is 20.1. The third-order valence-electron chi connectivity index (χ3n) is 4.25. The van der Waals surface area contributed by atoms with Crippen molar-refractivity contribution in [2.24, 2.45) is 0 Å². The Hall–Kier alpha value is -1.68. The van der Waals surface area contributed by atoms with Crippen LogP contribution in [0.25, 0.3) is 0 Å². The van der Waals surface area contributed by atoms with Crippen LogP contribution >= 0.6 is 23.2 Å². The van der Waals surface area contributed by atoms with E-state index in [1.165, 1.54) is 16.4 Å². The van der Waals surface area contributed by atoms with E-state index in [4.69, 9.17) is 27.7 Å². The highest BCUT2D eigenvalue weighted by molar-refractivity contribution is 7.89. The molecule has 11 heteroatoms. The fourth-order valence-corrected chi connectivity index (χ4v) is 4.97. The molecule has 3 rings (SSSR count). The molecule has 146 valence electrons. The fourth-order valence-electron chi connectivity index (χ4n) is 2.81. The summed E-state index contributed by atoms with van der Waals surface area (Å²) in [4.78, 5) is 18.0. The second-order valence-corrected chi connectivity index (χ2v) is 8.76. The molecule has 1 aromatic carbocycles. The van der Waals surface area contributed by atoms with E-state index in [-0.39, 0.29) is 40.4 Å². The maximum Gasteiger partial charge on any atom is 0.244 e. The van der Waals surface area contributed by atoms with E-state index in [0.717, 1.165) is 0 Å². The van der Waals surface area contributed by atoms with Crippen molar-refractivity contribution in [3.8, 4) is 0 Å². The predicted molar refractivity (Wildman–Crippen MR) is 99.2 cm³/mol. The molecule has 0 unspecified atom stereocenters. The number of amides is 1. The Labute approximate surface area is 167 Å². The first-order chi connectivity index (χ1) is 12.8. The Kier molecular flexibility index (Phi) is 6.05. The zero-order chi connectivity index (χ0) is 19.6. The molecule has 1 amide bonds. The van der Waals surface area contributed by atoms with Crippen LogP contribution in [0.1, 0.15) is 18.1 Å². The van der Waals surface area contributed by atoms with Crippen LogP contribution in [-0.4, -0.2) is 59.8 Å². The molecule has 0 radical (unpaired) electrons. The number of benzene rings is 1. The summed E-state index contributed by atoms with van der Waals surface area (Å²) in [6.45, 7) is 2.70. The second-order valence-electron chi connectivity index (χ2n) is 6.07. The number of halogens is 2. The van der Waals surface area contributed by atoms with Gasteiger partial charge in [0, 0.05) is 39.0 Å². The lowest BCUT2D eigenvalue weighted by Crippen LogP contribution is -2.50. The zero-order valence-electron chi connectivity index (χ0n) is 14.6. The molecule has 0 bridgehead atoms. The van der Waals surface area contributed by atoms with Gasteiger partial charge in [-0.1, -0.05) is 34.4 Å². The number of aromatic nitrogens is 2. The predicted octanol–water partition coefficient (Wildman–Crippen LogP) is 2.15. The van der Waals surface area contributed by atoms with E-state index in [9.17, 15) is 13.2 Å². The number of aryl methyl sites for hydroxylation is 2. The molecule has 2 aromatic rings. The Morgan fingerprint density at radius 2 is 1.93 bits per heavy atom. The molecule has 8 nitrogen and oxygen atoms in total. The SMILES string of the molecule is Cc1noc(CCC(=O)N2CCN(S(=O)(=O)c3cccc(Cl)c3Cl)CC2)n1. The van der Waals surface area contributed by atoms with Gasteiger partial charge in [0.2, 0.25) is 21.8 Å². The number of rotatable bonds is 5. The maximum atomic E-state index is 12.8. The van der Waals surface area contributed by atoms with Gasteiger partial charge >= 0.3 is 0 Å². The van der Waals surface area contributed by atoms with Crippen molar-refractivity contribution in [1.82, 2.24) is 19.3 Å². The normalized spacial score (nSPS) is 15.9. The van der Waals surface area contributed by atoms with Gasteiger partial charge in [0.05, 0.1) is 10.0 Å². The van der Waals surface area contributed by atoms with Crippen molar-refractivity contribution >= 4 is 39.1 Å². The minimum absolute atomic E-state index is 0.00697. The number of hydrogen-bond acceptors (Lipinski definition) is 6. The quantitative estimate of drug-likeness (QED) is 0.717. The molecule has 0 aliphatic carbocycles. The Bertz CT molecular complexity index is 940. The van der Waals surface area contributed by atoms with Crippen molar-refractivity contribution in [2.45, 2.75) is 24.7 Å². The lowest BCUT2D eigenvalue weighted by Gasteiger charge is -2.34. The summed E-state index contributed by atoms with van der Waals surface area (Å²) >= 11 is 12.0. The van der Waals surface area contributed by atoms with Gasteiger partial charge in [0.1, 0.15) is 4.90 Å². The van der Waals surface area contributed by atoms with Gasteiger partial charge in [0.25, 0.3) is 0 Å². The van der Waals surface area contributed by atoms with E-state index in [1.807, 2.05) is 0 Å². The zero-order valence-corrected chi connectivity index (χ0v) is 16.9. The highest BCUT2D eigenvalue weighted by Gasteiger charge is 2.31. The first-order valence-corrected chi connectivity index (χ1v) is 10.5. The summed E-state index contributed by atoms with van der Waals surface area (Å²) in [5.41, 5.74) is 0. The summed E-state index contributed by atoms with van der Waals surface area (Å²) in [5.74, 6) is 0.859. The highest BCUT2D eigenvalue weighted by atomic mass is 35.5. The van der Waals surface area contributed by atoms with E-state index in [2.05, 4.69) is 10.1 Å². The standard InChI is InChI=1S/C16H18Cl2N4O4S/c1-11-19-14(26-20-11)5-6-15(23)21-7-9-22(10-8-21)27(24,25)13-4-2-3-12(17)16(13)18/h2-4H,5-10H2,1H3. The minimum atomic E-state index is -3.77. The number of carbonyl (C=O) groups is 1. The molecule has 2 heterocycles. The Morgan fingerprint density at radius 1 is 1.22 bits per heavy atom. The molecular formula is C16H18Cl2N4O4S. The summed E-state index contributed by atoms with van der Waals surface area (Å²) in [6, 6.07) is 4.50. The highest BCUT2D eigenvalue weighted by Crippen LogP contribution is 2.31. The number of nitrogens with zero attached hydrogens (tertiary/aromatic N) is 4. The first-order valence-electron chi connectivity index (χ1n) is 8.30. The molecule has 0 N–H and O–H groups in total. The van der Waals surface area contributed by atoms with Crippen molar-refractivity contribution < 1.29 is 17.7 Å². The van der Waals surface area contributed by atoms with Crippen LogP contribution in [0.2, 0.25) is 10.0 Å². The van der Waals surface area contributed by atoms with Crippen LogP contribution in [0.4, 0.5) is 0 Å². The van der Waals surface area contributed by atoms with Gasteiger partial charge in [-0.25, -0.2) is 8.42 Å². The van der Waals surface area contributed by atoms with Gasteiger partial charge in [0.15, 0.2) is 5.82 Å². The van der Waals surface area contributed by atoms with Crippen LogP contribution in [0.5, 0.6) is 0 Å². The van der Waals surface area contributed by atoms with Crippen LogP contribution in [0.3, 0.4) is 0 Å². The molecule has 0 atom stereocenters. The molecule has 1 aromatic heterocycles. The molecule has 1 fully saturated rings. The van der Waals surface area contributed by atoms with Gasteiger partial charge in [-0.05, 0) is 19.1 Å². The summed E-state index contributed by atoms with van der Waals surface area (Å²) in [6.07, 6.45) is 0.588. The van der Waals surface area contributed by atoms with Gasteiger partial charge in [-0.3, -0.25) is 4.79 Å². The van der Waals surface area contributed by atoms with Gasteiger partial charge < -0.3 is 9.42 Å². The smallest absolute Gasteiger partial charge is 0.244 e. The average Bonchev–Trinajstić information content (AvgIpc) is 3.07. The molecule has 1 saturated heterocycles. The van der Waals surface area contributed by atoms with E-state index >= 15 is 0 Å².